The number of hydrogen-bond donors (Lipinski definition) is 1. The van der Waals surface area contributed by atoms with Crippen LogP contribution in [0.4, 0.5) is 5.69 Å². The molecule has 0 saturated carbocycles. The third-order valence-corrected chi connectivity index (χ3v) is 8.65. The van der Waals surface area contributed by atoms with Crippen molar-refractivity contribution < 1.29 is 18.0 Å². The maximum Gasteiger partial charge on any atom is 0.261 e. The van der Waals surface area contributed by atoms with Crippen LogP contribution < -0.4 is 4.72 Å². The number of carbonyl (C=O) groups excluding carboxylic acids is 2. The van der Waals surface area contributed by atoms with Crippen LogP contribution in [0.2, 0.25) is 0 Å². The first kappa shape index (κ1) is 24.4. The third kappa shape index (κ3) is 3.90. The summed E-state index contributed by atoms with van der Waals surface area (Å²) in [5.41, 5.74) is 3.82. The third-order valence-electron chi connectivity index (χ3n) is 7.27. The van der Waals surface area contributed by atoms with Crippen LogP contribution in [0, 0.1) is 6.92 Å². The molecule has 8 nitrogen and oxygen atoms in total. The van der Waals surface area contributed by atoms with Crippen molar-refractivity contribution in [2.45, 2.75) is 24.9 Å². The highest BCUT2D eigenvalue weighted by Crippen LogP contribution is 2.44. The molecule has 1 aromatic heterocycles. The number of rotatable bonds is 6. The van der Waals surface area contributed by atoms with E-state index >= 15 is 0 Å². The van der Waals surface area contributed by atoms with Crippen LogP contribution in [-0.4, -0.2) is 61.5 Å². The minimum absolute atomic E-state index is 0.170. The topological polar surface area (TPSA) is 91.7 Å². The summed E-state index contributed by atoms with van der Waals surface area (Å²) in [5.74, 6) is -0.392. The summed E-state index contributed by atoms with van der Waals surface area (Å²) in [4.78, 5) is 30.6. The lowest BCUT2D eigenvalue weighted by molar-refractivity contribution is -0.113. The Kier molecular flexibility index (Phi) is 5.66. The summed E-state index contributed by atoms with van der Waals surface area (Å²) in [7, 11) is 0.125. The SMILES string of the molecule is Cc1ccc(S(=O)(=O)Nc2cc3c(c4c5n3CN(CCN(C)C)C=C5C(=O)CC4=O)c3ccccc23)cc1. The Hall–Kier alpha value is -3.95. The molecule has 4 aromatic rings. The second-order valence-electron chi connectivity index (χ2n) is 10.3. The molecule has 0 saturated heterocycles. The Balaban J connectivity index is 1.58. The van der Waals surface area contributed by atoms with Gasteiger partial charge in [-0.25, -0.2) is 8.42 Å². The maximum absolute atomic E-state index is 13.4. The number of hydrogen-bond acceptors (Lipinski definition) is 6. The quantitative estimate of drug-likeness (QED) is 0.377. The zero-order valence-corrected chi connectivity index (χ0v) is 22.3. The van der Waals surface area contributed by atoms with Crippen molar-refractivity contribution in [1.82, 2.24) is 14.4 Å². The van der Waals surface area contributed by atoms with Gasteiger partial charge < -0.3 is 14.4 Å². The van der Waals surface area contributed by atoms with E-state index in [1.165, 1.54) is 0 Å². The van der Waals surface area contributed by atoms with Gasteiger partial charge in [0.25, 0.3) is 10.0 Å². The summed E-state index contributed by atoms with van der Waals surface area (Å²) in [6.07, 6.45) is 1.70. The molecule has 0 amide bonds. The first-order valence-electron chi connectivity index (χ1n) is 12.5. The van der Waals surface area contributed by atoms with Gasteiger partial charge >= 0.3 is 0 Å². The second-order valence-corrected chi connectivity index (χ2v) is 11.9. The summed E-state index contributed by atoms with van der Waals surface area (Å²) in [6, 6.07) is 16.0. The van der Waals surface area contributed by atoms with Crippen LogP contribution in [0.25, 0.3) is 27.2 Å². The highest BCUT2D eigenvalue weighted by atomic mass is 32.2. The predicted molar refractivity (Wildman–Crippen MR) is 149 cm³/mol. The Morgan fingerprint density at radius 1 is 0.974 bits per heavy atom. The zero-order chi connectivity index (χ0) is 26.8. The van der Waals surface area contributed by atoms with E-state index in [0.717, 1.165) is 28.4 Å². The van der Waals surface area contributed by atoms with Crippen LogP contribution in [0.1, 0.15) is 28.0 Å². The number of likely N-dealkylation sites (N-methyl/N-ethyl adjacent to an activating group) is 1. The van der Waals surface area contributed by atoms with E-state index in [1.54, 1.807) is 30.3 Å². The van der Waals surface area contributed by atoms with E-state index in [0.29, 0.717) is 41.1 Å². The molecule has 6 rings (SSSR count). The Morgan fingerprint density at radius 2 is 1.68 bits per heavy atom. The number of benzene rings is 3. The summed E-state index contributed by atoms with van der Waals surface area (Å²) in [5, 5.41) is 2.21. The lowest BCUT2D eigenvalue weighted by atomic mass is 9.88. The molecule has 9 heteroatoms. The molecule has 2 heterocycles. The van der Waals surface area contributed by atoms with Crippen molar-refractivity contribution >= 4 is 54.5 Å². The molecule has 0 spiro atoms. The van der Waals surface area contributed by atoms with Crippen molar-refractivity contribution in [3.05, 3.63) is 77.6 Å². The number of nitrogens with one attached hydrogen (secondary N) is 1. The molecule has 0 unspecified atom stereocenters. The van der Waals surface area contributed by atoms with Crippen molar-refractivity contribution in [1.29, 1.82) is 0 Å². The maximum atomic E-state index is 13.4. The number of Topliss-reactive ketones (excluding diaryl/α,β-unsaturated/α-hetero) is 2. The first-order valence-corrected chi connectivity index (χ1v) is 14.0. The molecule has 0 fully saturated rings. The molecule has 194 valence electrons. The average Bonchev–Trinajstić information content (AvgIpc) is 3.21. The van der Waals surface area contributed by atoms with Crippen LogP contribution >= 0.6 is 0 Å². The number of fused-ring (bicyclic) bond motifs is 5. The Morgan fingerprint density at radius 3 is 2.39 bits per heavy atom. The van der Waals surface area contributed by atoms with Gasteiger partial charge in [-0.05, 0) is 44.6 Å². The fraction of sp³-hybridized carbons (Fsp3) is 0.241. The molecule has 2 aliphatic rings. The number of allylic oxidation sites excluding steroid dienone is 1. The Bertz CT molecular complexity index is 1780. The van der Waals surface area contributed by atoms with Gasteiger partial charge in [-0.15, -0.1) is 0 Å². The smallest absolute Gasteiger partial charge is 0.261 e. The van der Waals surface area contributed by atoms with Crippen molar-refractivity contribution in [2.24, 2.45) is 0 Å². The summed E-state index contributed by atoms with van der Waals surface area (Å²) < 4.78 is 31.5. The summed E-state index contributed by atoms with van der Waals surface area (Å²) in [6.45, 7) is 3.85. The minimum atomic E-state index is -3.86. The standard InChI is InChI=1S/C29H28N4O4S/c1-18-8-10-19(11-9-18)38(36,37)30-23-14-24-27(21-7-5-4-6-20(21)23)28-26(35)15-25(34)22-16-32(13-12-31(2)3)17-33(24)29(22)28/h4-11,14,16,30H,12-13,15,17H2,1-3H3. The number of anilines is 1. The van der Waals surface area contributed by atoms with E-state index in [1.807, 2.05) is 56.1 Å². The van der Waals surface area contributed by atoms with E-state index < -0.39 is 10.0 Å². The molecule has 0 atom stereocenters. The average molecular weight is 529 g/mol. The molecule has 1 aliphatic heterocycles. The van der Waals surface area contributed by atoms with Crippen LogP contribution in [0.5, 0.6) is 0 Å². The number of carbonyl (C=O) groups is 2. The summed E-state index contributed by atoms with van der Waals surface area (Å²) >= 11 is 0. The molecule has 1 aliphatic carbocycles. The molecule has 1 N–H and O–H groups in total. The highest BCUT2D eigenvalue weighted by Gasteiger charge is 2.37. The van der Waals surface area contributed by atoms with Crippen LogP contribution in [0.15, 0.2) is 65.7 Å². The molecular weight excluding hydrogens is 500 g/mol. The molecule has 0 radical (unpaired) electrons. The van der Waals surface area contributed by atoms with E-state index in [-0.39, 0.29) is 22.9 Å². The van der Waals surface area contributed by atoms with E-state index in [9.17, 15) is 18.0 Å². The number of aromatic nitrogens is 1. The zero-order valence-electron chi connectivity index (χ0n) is 21.5. The fourth-order valence-electron chi connectivity index (χ4n) is 5.38. The predicted octanol–water partition coefficient (Wildman–Crippen LogP) is 4.23. The van der Waals surface area contributed by atoms with E-state index in [2.05, 4.69) is 14.5 Å². The van der Waals surface area contributed by atoms with Crippen LogP contribution in [0.3, 0.4) is 0 Å². The van der Waals surface area contributed by atoms with Gasteiger partial charge in [0, 0.05) is 30.1 Å². The van der Waals surface area contributed by atoms with Crippen molar-refractivity contribution in [3.63, 3.8) is 0 Å². The van der Waals surface area contributed by atoms with Gasteiger partial charge in [0.1, 0.15) is 0 Å². The first-order chi connectivity index (χ1) is 18.1. The Labute approximate surface area is 221 Å². The monoisotopic (exact) mass is 528 g/mol. The lowest BCUT2D eigenvalue weighted by Gasteiger charge is -2.31. The molecule has 0 bridgehead atoms. The number of sulfonamides is 1. The number of ketones is 2. The molecular formula is C29H28N4O4S. The van der Waals surface area contributed by atoms with Gasteiger partial charge in [-0.3, -0.25) is 14.3 Å². The van der Waals surface area contributed by atoms with Crippen LogP contribution in [-0.2, 0) is 21.5 Å². The van der Waals surface area contributed by atoms with Gasteiger partial charge in [0.15, 0.2) is 11.6 Å². The van der Waals surface area contributed by atoms with Gasteiger partial charge in [-0.1, -0.05) is 42.0 Å². The minimum Gasteiger partial charge on any atom is -0.358 e. The van der Waals surface area contributed by atoms with Crippen molar-refractivity contribution in [3.8, 4) is 0 Å². The van der Waals surface area contributed by atoms with Gasteiger partial charge in [0.05, 0.1) is 46.0 Å². The highest BCUT2D eigenvalue weighted by molar-refractivity contribution is 7.92. The molecule has 3 aromatic carbocycles. The van der Waals surface area contributed by atoms with Gasteiger partial charge in [-0.2, -0.15) is 0 Å². The number of aryl methyl sites for hydroxylation is 1. The molecule has 38 heavy (non-hydrogen) atoms. The van der Waals surface area contributed by atoms with Crippen molar-refractivity contribution in [2.75, 3.05) is 31.9 Å². The largest absolute Gasteiger partial charge is 0.358 e. The second kappa shape index (κ2) is 8.82. The van der Waals surface area contributed by atoms with Gasteiger partial charge in [0.2, 0.25) is 0 Å². The lowest BCUT2D eigenvalue weighted by Crippen LogP contribution is -2.35. The normalized spacial score (nSPS) is 15.4. The van der Waals surface area contributed by atoms with E-state index in [4.69, 9.17) is 0 Å². The fourth-order valence-corrected chi connectivity index (χ4v) is 6.45. The number of nitrogens with zero attached hydrogens (tertiary/aromatic N) is 3.